The van der Waals surface area contributed by atoms with Gasteiger partial charge in [-0.3, -0.25) is 0 Å². The van der Waals surface area contributed by atoms with E-state index in [1.165, 1.54) is 0 Å². The first-order valence-electron chi connectivity index (χ1n) is 5.87. The van der Waals surface area contributed by atoms with Crippen LogP contribution in [0.3, 0.4) is 0 Å². The van der Waals surface area contributed by atoms with Crippen molar-refractivity contribution in [2.24, 2.45) is 0 Å². The Bertz CT molecular complexity index is 552. The van der Waals surface area contributed by atoms with Gasteiger partial charge in [0.25, 0.3) is 0 Å². The molecule has 1 nitrogen and oxygen atoms in total. The smallest absolute Gasteiger partial charge is 0.0842 e. The van der Waals surface area contributed by atoms with Crippen molar-refractivity contribution >= 4 is 35.0 Å². The van der Waals surface area contributed by atoms with Gasteiger partial charge in [-0.05, 0) is 35.6 Å². The zero-order chi connectivity index (χ0) is 13.8. The van der Waals surface area contributed by atoms with Crippen LogP contribution in [0.15, 0.2) is 47.4 Å². The van der Waals surface area contributed by atoms with E-state index in [4.69, 9.17) is 23.2 Å². The van der Waals surface area contributed by atoms with Gasteiger partial charge in [-0.1, -0.05) is 47.5 Å². The van der Waals surface area contributed by atoms with Crippen molar-refractivity contribution in [1.29, 1.82) is 0 Å². The van der Waals surface area contributed by atoms with E-state index in [1.807, 2.05) is 30.5 Å². The highest BCUT2D eigenvalue weighted by molar-refractivity contribution is 7.98. The number of rotatable bonds is 4. The minimum atomic E-state index is -0.610. The number of aliphatic hydroxyl groups is 1. The molecule has 0 bridgehead atoms. The standard InChI is InChI=1S/C15H14Cl2OS/c1-19-15-8-3-2-5-10(15)14(18)9-11-12(16)6-4-7-13(11)17/h2-8,14,18H,9H2,1H3. The fourth-order valence-corrected chi connectivity index (χ4v) is 3.18. The number of benzene rings is 2. The highest BCUT2D eigenvalue weighted by Crippen LogP contribution is 2.32. The molecular weight excluding hydrogens is 299 g/mol. The Morgan fingerprint density at radius 1 is 1.05 bits per heavy atom. The molecule has 1 unspecified atom stereocenters. The molecule has 0 spiro atoms. The van der Waals surface area contributed by atoms with E-state index in [1.54, 1.807) is 30.0 Å². The number of halogens is 2. The third-order valence-corrected chi connectivity index (χ3v) is 4.48. The average molecular weight is 313 g/mol. The summed E-state index contributed by atoms with van der Waals surface area (Å²) in [5.41, 5.74) is 1.69. The summed E-state index contributed by atoms with van der Waals surface area (Å²) in [7, 11) is 0. The molecule has 0 saturated carbocycles. The van der Waals surface area contributed by atoms with Gasteiger partial charge in [0.15, 0.2) is 0 Å². The van der Waals surface area contributed by atoms with Gasteiger partial charge in [-0.25, -0.2) is 0 Å². The van der Waals surface area contributed by atoms with Gasteiger partial charge in [0, 0.05) is 21.4 Å². The predicted molar refractivity (Wildman–Crippen MR) is 83.3 cm³/mol. The molecule has 0 saturated heterocycles. The molecule has 1 atom stereocenters. The Hall–Kier alpha value is -0.670. The Balaban J connectivity index is 2.28. The van der Waals surface area contributed by atoms with Crippen LogP contribution in [-0.2, 0) is 6.42 Å². The van der Waals surface area contributed by atoms with Crippen LogP contribution in [0, 0.1) is 0 Å². The van der Waals surface area contributed by atoms with E-state index < -0.39 is 6.10 Å². The number of hydrogen-bond donors (Lipinski definition) is 1. The third-order valence-electron chi connectivity index (χ3n) is 2.96. The molecule has 2 aromatic carbocycles. The second kappa shape index (κ2) is 6.67. The molecule has 0 aliphatic rings. The summed E-state index contributed by atoms with van der Waals surface area (Å²) in [6.07, 6.45) is 1.80. The minimum absolute atomic E-state index is 0.413. The maximum Gasteiger partial charge on any atom is 0.0842 e. The molecule has 100 valence electrons. The van der Waals surface area contributed by atoms with Crippen molar-refractivity contribution < 1.29 is 5.11 Å². The molecule has 1 N–H and O–H groups in total. The fraction of sp³-hybridized carbons (Fsp3) is 0.200. The molecule has 0 aliphatic heterocycles. The first kappa shape index (κ1) is 14.7. The summed E-state index contributed by atoms with van der Waals surface area (Å²) in [6.45, 7) is 0. The monoisotopic (exact) mass is 312 g/mol. The van der Waals surface area contributed by atoms with Crippen LogP contribution in [0.25, 0.3) is 0 Å². The second-order valence-corrected chi connectivity index (χ2v) is 5.82. The van der Waals surface area contributed by atoms with E-state index in [9.17, 15) is 5.11 Å². The molecule has 2 rings (SSSR count). The summed E-state index contributed by atoms with van der Waals surface area (Å²) < 4.78 is 0. The molecule has 2 aromatic rings. The lowest BCUT2D eigenvalue weighted by Gasteiger charge is -2.16. The van der Waals surface area contributed by atoms with Crippen molar-refractivity contribution in [3.63, 3.8) is 0 Å². The van der Waals surface area contributed by atoms with Crippen LogP contribution in [0.5, 0.6) is 0 Å². The van der Waals surface area contributed by atoms with Gasteiger partial charge in [0.1, 0.15) is 0 Å². The zero-order valence-corrected chi connectivity index (χ0v) is 12.8. The Morgan fingerprint density at radius 3 is 2.32 bits per heavy atom. The summed E-state index contributed by atoms with van der Waals surface area (Å²) >= 11 is 13.9. The summed E-state index contributed by atoms with van der Waals surface area (Å²) in [5.74, 6) is 0. The lowest BCUT2D eigenvalue weighted by Crippen LogP contribution is -2.04. The van der Waals surface area contributed by atoms with Crippen LogP contribution in [0.1, 0.15) is 17.2 Å². The molecule has 19 heavy (non-hydrogen) atoms. The van der Waals surface area contributed by atoms with Gasteiger partial charge in [-0.2, -0.15) is 0 Å². The molecule has 0 radical (unpaired) electrons. The highest BCUT2D eigenvalue weighted by Gasteiger charge is 2.15. The molecule has 0 aromatic heterocycles. The first-order chi connectivity index (χ1) is 9.13. The van der Waals surface area contributed by atoms with E-state index >= 15 is 0 Å². The molecule has 0 amide bonds. The molecule has 0 aliphatic carbocycles. The summed E-state index contributed by atoms with van der Waals surface area (Å²) in [4.78, 5) is 1.07. The highest BCUT2D eigenvalue weighted by atomic mass is 35.5. The van der Waals surface area contributed by atoms with Crippen molar-refractivity contribution in [2.45, 2.75) is 17.4 Å². The molecule has 0 heterocycles. The molecular formula is C15H14Cl2OS. The normalized spacial score (nSPS) is 12.4. The Kier molecular flexibility index (Phi) is 5.17. The van der Waals surface area contributed by atoms with E-state index in [2.05, 4.69) is 0 Å². The minimum Gasteiger partial charge on any atom is -0.388 e. The topological polar surface area (TPSA) is 20.2 Å². The lowest BCUT2D eigenvalue weighted by atomic mass is 10.0. The predicted octanol–water partition coefficient (Wildman–Crippen LogP) is 4.99. The maximum atomic E-state index is 10.4. The molecule has 0 fully saturated rings. The maximum absolute atomic E-state index is 10.4. The van der Waals surface area contributed by atoms with Gasteiger partial charge < -0.3 is 5.11 Å². The summed E-state index contributed by atoms with van der Waals surface area (Å²) in [5, 5.41) is 11.6. The van der Waals surface area contributed by atoms with E-state index in [0.29, 0.717) is 16.5 Å². The van der Waals surface area contributed by atoms with Crippen molar-refractivity contribution in [3.05, 3.63) is 63.6 Å². The third kappa shape index (κ3) is 3.46. The van der Waals surface area contributed by atoms with Crippen LogP contribution in [-0.4, -0.2) is 11.4 Å². The molecule has 4 heteroatoms. The van der Waals surface area contributed by atoms with Crippen LogP contribution < -0.4 is 0 Å². The van der Waals surface area contributed by atoms with Crippen LogP contribution >= 0.6 is 35.0 Å². The lowest BCUT2D eigenvalue weighted by molar-refractivity contribution is 0.175. The van der Waals surface area contributed by atoms with E-state index in [0.717, 1.165) is 16.0 Å². The second-order valence-electron chi connectivity index (χ2n) is 4.16. The average Bonchev–Trinajstić information content (AvgIpc) is 2.42. The summed E-state index contributed by atoms with van der Waals surface area (Å²) in [6, 6.07) is 13.2. The number of thioether (sulfide) groups is 1. The van der Waals surface area contributed by atoms with Crippen LogP contribution in [0.4, 0.5) is 0 Å². The largest absolute Gasteiger partial charge is 0.388 e. The quantitative estimate of drug-likeness (QED) is 0.802. The first-order valence-corrected chi connectivity index (χ1v) is 7.85. The van der Waals surface area contributed by atoms with Crippen LogP contribution in [0.2, 0.25) is 10.0 Å². The van der Waals surface area contributed by atoms with Gasteiger partial charge in [0.05, 0.1) is 6.10 Å². The van der Waals surface area contributed by atoms with Gasteiger partial charge >= 0.3 is 0 Å². The van der Waals surface area contributed by atoms with Gasteiger partial charge in [-0.15, -0.1) is 11.8 Å². The zero-order valence-electron chi connectivity index (χ0n) is 10.4. The number of aliphatic hydroxyl groups excluding tert-OH is 1. The fourth-order valence-electron chi connectivity index (χ4n) is 1.97. The van der Waals surface area contributed by atoms with Crippen molar-refractivity contribution in [3.8, 4) is 0 Å². The Labute approximate surface area is 127 Å². The van der Waals surface area contributed by atoms with Gasteiger partial charge in [0.2, 0.25) is 0 Å². The van der Waals surface area contributed by atoms with Crippen molar-refractivity contribution in [2.75, 3.05) is 6.26 Å². The Morgan fingerprint density at radius 2 is 1.68 bits per heavy atom. The number of hydrogen-bond acceptors (Lipinski definition) is 2. The SMILES string of the molecule is CSc1ccccc1C(O)Cc1c(Cl)cccc1Cl. The van der Waals surface area contributed by atoms with Crippen molar-refractivity contribution in [1.82, 2.24) is 0 Å². The van der Waals surface area contributed by atoms with E-state index in [-0.39, 0.29) is 0 Å².